The van der Waals surface area contributed by atoms with Crippen molar-refractivity contribution in [3.05, 3.63) is 0 Å². The van der Waals surface area contributed by atoms with Gasteiger partial charge in [-0.1, -0.05) is 6.92 Å². The lowest BCUT2D eigenvalue weighted by atomic mass is 10.1. The molecule has 2 unspecified atom stereocenters. The third-order valence-corrected chi connectivity index (χ3v) is 1.81. The van der Waals surface area contributed by atoms with E-state index < -0.39 is 11.4 Å². The molecule has 0 heterocycles. The molecule has 0 saturated heterocycles. The van der Waals surface area contributed by atoms with Gasteiger partial charge in [0.05, 0.1) is 12.7 Å². The van der Waals surface area contributed by atoms with Crippen molar-refractivity contribution in [2.24, 2.45) is 11.5 Å². The van der Waals surface area contributed by atoms with E-state index in [2.05, 4.69) is 0 Å². The van der Waals surface area contributed by atoms with Crippen molar-refractivity contribution in [3.8, 4) is 0 Å². The van der Waals surface area contributed by atoms with Crippen LogP contribution in [0.3, 0.4) is 0 Å². The molecule has 0 aliphatic carbocycles. The SMILES string of the molecule is CCC(C)OCC(C)(N)C(N)=O. The van der Waals surface area contributed by atoms with Gasteiger partial charge in [-0.05, 0) is 20.3 Å². The van der Waals surface area contributed by atoms with E-state index in [1.807, 2.05) is 13.8 Å². The fourth-order valence-corrected chi connectivity index (χ4v) is 0.504. The average Bonchev–Trinajstić information content (AvgIpc) is 2.00. The standard InChI is InChI=1S/C8H18N2O2/c1-4-6(2)12-5-8(3,10)7(9)11/h6H,4-5,10H2,1-3H3,(H2,9,11). The summed E-state index contributed by atoms with van der Waals surface area (Å²) in [4.78, 5) is 10.7. The number of carbonyl (C=O) groups excluding carboxylic acids is 1. The summed E-state index contributed by atoms with van der Waals surface area (Å²) in [5.74, 6) is -0.536. The molecule has 0 aliphatic heterocycles. The molecule has 0 saturated carbocycles. The van der Waals surface area contributed by atoms with Crippen molar-refractivity contribution < 1.29 is 9.53 Å². The normalized spacial score (nSPS) is 18.3. The minimum Gasteiger partial charge on any atom is -0.376 e. The fourth-order valence-electron chi connectivity index (χ4n) is 0.504. The van der Waals surface area contributed by atoms with Gasteiger partial charge in [-0.25, -0.2) is 0 Å². The van der Waals surface area contributed by atoms with E-state index in [-0.39, 0.29) is 12.7 Å². The number of primary amides is 1. The summed E-state index contributed by atoms with van der Waals surface area (Å²) < 4.78 is 5.29. The van der Waals surface area contributed by atoms with Crippen LogP contribution < -0.4 is 11.5 Å². The average molecular weight is 174 g/mol. The smallest absolute Gasteiger partial charge is 0.239 e. The molecular weight excluding hydrogens is 156 g/mol. The Labute approximate surface area is 73.2 Å². The Balaban J connectivity index is 3.83. The minimum atomic E-state index is -1.05. The number of rotatable bonds is 5. The highest BCUT2D eigenvalue weighted by molar-refractivity contribution is 5.83. The zero-order chi connectivity index (χ0) is 9.78. The van der Waals surface area contributed by atoms with Crippen molar-refractivity contribution in [3.63, 3.8) is 0 Å². The second kappa shape index (κ2) is 4.42. The Morgan fingerprint density at radius 2 is 2.17 bits per heavy atom. The molecule has 2 atom stereocenters. The van der Waals surface area contributed by atoms with Gasteiger partial charge in [0.15, 0.2) is 0 Å². The minimum absolute atomic E-state index is 0.118. The molecule has 12 heavy (non-hydrogen) atoms. The monoisotopic (exact) mass is 174 g/mol. The first kappa shape index (κ1) is 11.4. The molecule has 0 radical (unpaired) electrons. The first-order chi connectivity index (χ1) is 5.40. The number of hydrogen-bond donors (Lipinski definition) is 2. The van der Waals surface area contributed by atoms with Gasteiger partial charge in [-0.15, -0.1) is 0 Å². The van der Waals surface area contributed by atoms with Crippen LogP contribution in [-0.2, 0) is 9.53 Å². The quantitative estimate of drug-likeness (QED) is 0.616. The number of amides is 1. The molecule has 0 aliphatic rings. The topological polar surface area (TPSA) is 78.3 Å². The zero-order valence-electron chi connectivity index (χ0n) is 7.96. The van der Waals surface area contributed by atoms with E-state index >= 15 is 0 Å². The third kappa shape index (κ3) is 3.69. The summed E-state index contributed by atoms with van der Waals surface area (Å²) in [6.07, 6.45) is 1.02. The lowest BCUT2D eigenvalue weighted by Crippen LogP contribution is -2.53. The number of carbonyl (C=O) groups is 1. The van der Waals surface area contributed by atoms with E-state index in [1.165, 1.54) is 0 Å². The van der Waals surface area contributed by atoms with Gasteiger partial charge in [-0.2, -0.15) is 0 Å². The van der Waals surface area contributed by atoms with Crippen molar-refractivity contribution in [1.29, 1.82) is 0 Å². The van der Waals surface area contributed by atoms with Crippen molar-refractivity contribution in [1.82, 2.24) is 0 Å². The summed E-state index contributed by atoms with van der Waals surface area (Å²) in [5, 5.41) is 0. The summed E-state index contributed by atoms with van der Waals surface area (Å²) in [6.45, 7) is 5.68. The van der Waals surface area contributed by atoms with Crippen LogP contribution in [0.4, 0.5) is 0 Å². The van der Waals surface area contributed by atoms with Crippen LogP contribution in [0.25, 0.3) is 0 Å². The maximum atomic E-state index is 10.7. The molecular formula is C8H18N2O2. The van der Waals surface area contributed by atoms with E-state index in [9.17, 15) is 4.79 Å². The molecule has 0 spiro atoms. The van der Waals surface area contributed by atoms with Crippen molar-refractivity contribution in [2.75, 3.05) is 6.61 Å². The van der Waals surface area contributed by atoms with E-state index in [4.69, 9.17) is 16.2 Å². The van der Waals surface area contributed by atoms with Crippen LogP contribution in [0.15, 0.2) is 0 Å². The Morgan fingerprint density at radius 1 is 1.67 bits per heavy atom. The highest BCUT2D eigenvalue weighted by atomic mass is 16.5. The first-order valence-electron chi connectivity index (χ1n) is 4.10. The van der Waals surface area contributed by atoms with Crippen LogP contribution in [-0.4, -0.2) is 24.2 Å². The highest BCUT2D eigenvalue weighted by Gasteiger charge is 2.26. The van der Waals surface area contributed by atoms with Crippen molar-refractivity contribution >= 4 is 5.91 Å². The van der Waals surface area contributed by atoms with Crippen LogP contribution >= 0.6 is 0 Å². The van der Waals surface area contributed by atoms with Gasteiger partial charge in [0.25, 0.3) is 0 Å². The molecule has 0 aromatic heterocycles. The molecule has 0 fully saturated rings. The molecule has 4 nitrogen and oxygen atoms in total. The fraction of sp³-hybridized carbons (Fsp3) is 0.875. The molecule has 72 valence electrons. The number of ether oxygens (including phenoxy) is 1. The molecule has 4 heteroatoms. The van der Waals surface area contributed by atoms with E-state index in [0.717, 1.165) is 6.42 Å². The van der Waals surface area contributed by atoms with Gasteiger partial charge < -0.3 is 16.2 Å². The maximum Gasteiger partial charge on any atom is 0.239 e. The lowest BCUT2D eigenvalue weighted by molar-refractivity contribution is -0.125. The van der Waals surface area contributed by atoms with Crippen LogP contribution in [0.1, 0.15) is 27.2 Å². The second-order valence-electron chi connectivity index (χ2n) is 3.31. The predicted molar refractivity (Wildman–Crippen MR) is 47.5 cm³/mol. The zero-order valence-corrected chi connectivity index (χ0v) is 7.96. The summed E-state index contributed by atoms with van der Waals surface area (Å²) in [7, 11) is 0. The van der Waals surface area contributed by atoms with Gasteiger partial charge in [0.2, 0.25) is 5.91 Å². The summed E-state index contributed by atoms with van der Waals surface area (Å²) in [5.41, 5.74) is 9.56. The van der Waals surface area contributed by atoms with Crippen LogP contribution in [0, 0.1) is 0 Å². The summed E-state index contributed by atoms with van der Waals surface area (Å²) in [6, 6.07) is 0. The molecule has 1 amide bonds. The largest absolute Gasteiger partial charge is 0.376 e. The molecule has 0 bridgehead atoms. The maximum absolute atomic E-state index is 10.7. The Kier molecular flexibility index (Phi) is 4.20. The van der Waals surface area contributed by atoms with Gasteiger partial charge >= 0.3 is 0 Å². The highest BCUT2D eigenvalue weighted by Crippen LogP contribution is 2.03. The molecule has 0 rings (SSSR count). The van der Waals surface area contributed by atoms with E-state index in [0.29, 0.717) is 0 Å². The third-order valence-electron chi connectivity index (χ3n) is 1.81. The van der Waals surface area contributed by atoms with Gasteiger partial charge in [-0.3, -0.25) is 4.79 Å². The molecule has 4 N–H and O–H groups in total. The van der Waals surface area contributed by atoms with Gasteiger partial charge in [0, 0.05) is 0 Å². The van der Waals surface area contributed by atoms with E-state index in [1.54, 1.807) is 6.92 Å². The Morgan fingerprint density at radius 3 is 2.50 bits per heavy atom. The molecule has 0 aromatic rings. The van der Waals surface area contributed by atoms with Crippen LogP contribution in [0.2, 0.25) is 0 Å². The van der Waals surface area contributed by atoms with Crippen molar-refractivity contribution in [2.45, 2.75) is 38.8 Å². The molecule has 0 aromatic carbocycles. The second-order valence-corrected chi connectivity index (χ2v) is 3.31. The predicted octanol–water partition coefficient (Wildman–Crippen LogP) is 0.00420. The Bertz CT molecular complexity index is 157. The number of hydrogen-bond acceptors (Lipinski definition) is 3. The Hall–Kier alpha value is -0.610. The first-order valence-corrected chi connectivity index (χ1v) is 4.10. The van der Waals surface area contributed by atoms with Crippen LogP contribution in [0.5, 0.6) is 0 Å². The lowest BCUT2D eigenvalue weighted by Gasteiger charge is -2.22. The van der Waals surface area contributed by atoms with Gasteiger partial charge in [0.1, 0.15) is 5.54 Å². The summed E-state index contributed by atoms with van der Waals surface area (Å²) >= 11 is 0. The number of nitrogens with two attached hydrogens (primary N) is 2.